The first kappa shape index (κ1) is 13.0. The molecule has 0 spiro atoms. The predicted octanol–water partition coefficient (Wildman–Crippen LogP) is 3.06. The first-order chi connectivity index (χ1) is 8.47. The maximum absolute atomic E-state index is 13.6. The first-order valence-corrected chi connectivity index (χ1v) is 6.24. The molecule has 0 atom stereocenters. The summed E-state index contributed by atoms with van der Waals surface area (Å²) in [6, 6.07) is 6.18. The van der Waals surface area contributed by atoms with E-state index in [-0.39, 0.29) is 17.8 Å². The molecule has 0 saturated carbocycles. The van der Waals surface area contributed by atoms with Crippen LogP contribution in [0, 0.1) is 12.7 Å². The minimum Gasteiger partial charge on any atom is -0.294 e. The van der Waals surface area contributed by atoms with E-state index in [2.05, 4.69) is 21.0 Å². The van der Waals surface area contributed by atoms with Crippen LogP contribution in [-0.2, 0) is 13.5 Å². The van der Waals surface area contributed by atoms with Gasteiger partial charge in [-0.25, -0.2) is 4.39 Å². The van der Waals surface area contributed by atoms with Crippen molar-refractivity contribution in [3.05, 3.63) is 51.5 Å². The van der Waals surface area contributed by atoms with Crippen LogP contribution >= 0.6 is 15.9 Å². The fraction of sp³-hybridized carbons (Fsp3) is 0.231. The summed E-state index contributed by atoms with van der Waals surface area (Å²) in [5, 5.41) is 4.16. The SMILES string of the molecule is Cc1cc(CC(=O)c2cc(Br)ccc2F)n(C)n1. The maximum Gasteiger partial charge on any atom is 0.171 e. The van der Waals surface area contributed by atoms with Crippen molar-refractivity contribution in [2.75, 3.05) is 0 Å². The number of halogens is 2. The zero-order valence-electron chi connectivity index (χ0n) is 10.1. The molecule has 1 aromatic heterocycles. The summed E-state index contributed by atoms with van der Waals surface area (Å²) in [6.07, 6.45) is 0.144. The van der Waals surface area contributed by atoms with Gasteiger partial charge >= 0.3 is 0 Å². The number of aromatic nitrogens is 2. The highest BCUT2D eigenvalue weighted by molar-refractivity contribution is 9.10. The first-order valence-electron chi connectivity index (χ1n) is 5.45. The van der Waals surface area contributed by atoms with Crippen LogP contribution in [0.3, 0.4) is 0 Å². The highest BCUT2D eigenvalue weighted by atomic mass is 79.9. The molecule has 0 aliphatic heterocycles. The van der Waals surface area contributed by atoms with E-state index >= 15 is 0 Å². The topological polar surface area (TPSA) is 34.9 Å². The van der Waals surface area contributed by atoms with Crippen molar-refractivity contribution in [1.29, 1.82) is 0 Å². The molecule has 0 unspecified atom stereocenters. The lowest BCUT2D eigenvalue weighted by Crippen LogP contribution is -2.09. The van der Waals surface area contributed by atoms with E-state index in [1.807, 2.05) is 13.0 Å². The van der Waals surface area contributed by atoms with Crippen LogP contribution in [-0.4, -0.2) is 15.6 Å². The monoisotopic (exact) mass is 310 g/mol. The van der Waals surface area contributed by atoms with E-state index in [1.54, 1.807) is 17.8 Å². The van der Waals surface area contributed by atoms with Crippen molar-refractivity contribution in [1.82, 2.24) is 9.78 Å². The zero-order valence-corrected chi connectivity index (χ0v) is 11.7. The Hall–Kier alpha value is -1.49. The number of aryl methyl sites for hydroxylation is 2. The summed E-state index contributed by atoms with van der Waals surface area (Å²) >= 11 is 3.23. The number of carbonyl (C=O) groups excluding carboxylic acids is 1. The van der Waals surface area contributed by atoms with Gasteiger partial charge in [-0.2, -0.15) is 5.10 Å². The number of nitrogens with zero attached hydrogens (tertiary/aromatic N) is 2. The molecule has 0 N–H and O–H groups in total. The number of Topliss-reactive ketones (excluding diaryl/α,β-unsaturated/α-hetero) is 1. The van der Waals surface area contributed by atoms with Crippen molar-refractivity contribution in [3.8, 4) is 0 Å². The van der Waals surface area contributed by atoms with Crippen LogP contribution in [0.2, 0.25) is 0 Å². The van der Waals surface area contributed by atoms with E-state index < -0.39 is 5.82 Å². The molecule has 1 heterocycles. The number of carbonyl (C=O) groups is 1. The van der Waals surface area contributed by atoms with E-state index in [0.717, 1.165) is 11.4 Å². The van der Waals surface area contributed by atoms with Crippen molar-refractivity contribution >= 4 is 21.7 Å². The molecule has 0 saturated heterocycles. The van der Waals surface area contributed by atoms with Gasteiger partial charge in [0.25, 0.3) is 0 Å². The molecule has 0 amide bonds. The lowest BCUT2D eigenvalue weighted by Gasteiger charge is -2.04. The van der Waals surface area contributed by atoms with Crippen LogP contribution in [0.1, 0.15) is 21.7 Å². The fourth-order valence-electron chi connectivity index (χ4n) is 1.80. The Morgan fingerprint density at radius 1 is 1.44 bits per heavy atom. The van der Waals surface area contributed by atoms with E-state index in [1.165, 1.54) is 12.1 Å². The highest BCUT2D eigenvalue weighted by Gasteiger charge is 2.15. The second kappa shape index (κ2) is 5.02. The lowest BCUT2D eigenvalue weighted by molar-refractivity contribution is 0.0987. The molecule has 3 nitrogen and oxygen atoms in total. The average Bonchev–Trinajstić information content (AvgIpc) is 2.61. The second-order valence-electron chi connectivity index (χ2n) is 4.12. The van der Waals surface area contributed by atoms with Gasteiger partial charge in [0.2, 0.25) is 0 Å². The molecule has 5 heteroatoms. The molecule has 0 radical (unpaired) electrons. The van der Waals surface area contributed by atoms with Gasteiger partial charge < -0.3 is 0 Å². The number of ketones is 1. The Bertz CT molecular complexity index is 607. The largest absolute Gasteiger partial charge is 0.294 e. The summed E-state index contributed by atoms with van der Waals surface area (Å²) < 4.78 is 15.9. The normalized spacial score (nSPS) is 10.7. The highest BCUT2D eigenvalue weighted by Crippen LogP contribution is 2.17. The average molecular weight is 311 g/mol. The summed E-state index contributed by atoms with van der Waals surface area (Å²) in [6.45, 7) is 1.85. The molecule has 0 fully saturated rings. The smallest absolute Gasteiger partial charge is 0.171 e. The van der Waals surface area contributed by atoms with Gasteiger partial charge in [0.1, 0.15) is 5.82 Å². The van der Waals surface area contributed by atoms with Crippen LogP contribution in [0.4, 0.5) is 4.39 Å². The molecular formula is C13H12BrFN2O. The minimum absolute atomic E-state index is 0.100. The van der Waals surface area contributed by atoms with Gasteiger partial charge in [0, 0.05) is 17.2 Å². The summed E-state index contributed by atoms with van der Waals surface area (Å²) in [5.41, 5.74) is 1.72. The third kappa shape index (κ3) is 2.67. The van der Waals surface area contributed by atoms with Gasteiger partial charge in [-0.05, 0) is 31.2 Å². The third-order valence-electron chi connectivity index (χ3n) is 2.67. The summed E-state index contributed by atoms with van der Waals surface area (Å²) in [7, 11) is 1.77. The molecule has 0 aliphatic rings. The zero-order chi connectivity index (χ0) is 13.3. The number of rotatable bonds is 3. The van der Waals surface area contributed by atoms with E-state index in [4.69, 9.17) is 0 Å². The minimum atomic E-state index is -0.498. The number of hydrogen-bond acceptors (Lipinski definition) is 2. The van der Waals surface area contributed by atoms with Crippen molar-refractivity contribution in [2.24, 2.45) is 7.05 Å². The quantitative estimate of drug-likeness (QED) is 0.817. The van der Waals surface area contributed by atoms with Gasteiger partial charge in [-0.15, -0.1) is 0 Å². The van der Waals surface area contributed by atoms with Crippen LogP contribution < -0.4 is 0 Å². The summed E-state index contributed by atoms with van der Waals surface area (Å²) in [4.78, 5) is 12.0. The Morgan fingerprint density at radius 2 is 2.17 bits per heavy atom. The second-order valence-corrected chi connectivity index (χ2v) is 5.04. The molecule has 0 bridgehead atoms. The van der Waals surface area contributed by atoms with Gasteiger partial charge in [0.05, 0.1) is 17.7 Å². The molecule has 18 heavy (non-hydrogen) atoms. The number of benzene rings is 1. The number of hydrogen-bond donors (Lipinski definition) is 0. The molecule has 2 rings (SSSR count). The molecule has 2 aromatic rings. The Morgan fingerprint density at radius 3 is 2.78 bits per heavy atom. The van der Waals surface area contributed by atoms with Crippen LogP contribution in [0.25, 0.3) is 0 Å². The molecule has 1 aromatic carbocycles. The van der Waals surface area contributed by atoms with Crippen molar-refractivity contribution in [3.63, 3.8) is 0 Å². The lowest BCUT2D eigenvalue weighted by atomic mass is 10.1. The Kier molecular flexibility index (Phi) is 3.61. The van der Waals surface area contributed by atoms with Crippen LogP contribution in [0.5, 0.6) is 0 Å². The van der Waals surface area contributed by atoms with Crippen molar-refractivity contribution < 1.29 is 9.18 Å². The molecule has 94 valence electrons. The summed E-state index contributed by atoms with van der Waals surface area (Å²) in [5.74, 6) is -0.751. The maximum atomic E-state index is 13.6. The Balaban J connectivity index is 2.27. The third-order valence-corrected chi connectivity index (χ3v) is 3.16. The standard InChI is InChI=1S/C13H12BrFN2O/c1-8-5-10(17(2)16-8)7-13(18)11-6-9(14)3-4-12(11)15/h3-6H,7H2,1-2H3. The predicted molar refractivity (Wildman–Crippen MR) is 70.1 cm³/mol. The van der Waals surface area contributed by atoms with Gasteiger partial charge in [-0.3, -0.25) is 9.48 Å². The van der Waals surface area contributed by atoms with Crippen LogP contribution in [0.15, 0.2) is 28.7 Å². The van der Waals surface area contributed by atoms with Gasteiger partial charge in [-0.1, -0.05) is 15.9 Å². The van der Waals surface area contributed by atoms with Crippen molar-refractivity contribution in [2.45, 2.75) is 13.3 Å². The molecule has 0 aliphatic carbocycles. The molecular weight excluding hydrogens is 299 g/mol. The van der Waals surface area contributed by atoms with E-state index in [0.29, 0.717) is 4.47 Å². The van der Waals surface area contributed by atoms with E-state index in [9.17, 15) is 9.18 Å². The van der Waals surface area contributed by atoms with Gasteiger partial charge in [0.15, 0.2) is 5.78 Å². The Labute approximate surface area is 113 Å². The fourth-order valence-corrected chi connectivity index (χ4v) is 2.16.